The number of allylic oxidation sites excluding steroid dienone is 4. The Morgan fingerprint density at radius 3 is 2.14 bits per heavy atom. The van der Waals surface area contributed by atoms with E-state index in [0.29, 0.717) is 0 Å². The van der Waals surface area contributed by atoms with E-state index in [2.05, 4.69) is 75.5 Å². The largest absolute Gasteiger partial charge is 1.00 e. The minimum atomic E-state index is 0. The Morgan fingerprint density at radius 1 is 1.14 bits per heavy atom. The zero-order valence-corrected chi connectivity index (χ0v) is 19.7. The third-order valence-electron chi connectivity index (χ3n) is 2.77. The Hall–Kier alpha value is -0.0230. The molecule has 0 aromatic heterocycles. The van der Waals surface area contributed by atoms with Crippen LogP contribution in [0.2, 0.25) is 13.1 Å². The second-order valence-corrected chi connectivity index (χ2v) is 17.9. The molecule has 0 bridgehead atoms. The first-order chi connectivity index (χ1) is 9.50. The number of aryl methyl sites for hydroxylation is 1. The van der Waals surface area contributed by atoms with Crippen LogP contribution < -0.4 is 24.8 Å². The van der Waals surface area contributed by atoms with E-state index in [0.717, 1.165) is 6.42 Å². The molecule has 22 heavy (non-hydrogen) atoms. The summed E-state index contributed by atoms with van der Waals surface area (Å²) in [6, 6.07) is 12.8. The van der Waals surface area contributed by atoms with Crippen LogP contribution >= 0.6 is 0 Å². The fourth-order valence-electron chi connectivity index (χ4n) is 1.79. The molecule has 0 nitrogen and oxygen atoms in total. The van der Waals surface area contributed by atoms with Crippen LogP contribution in [-0.2, 0) is 23.0 Å². The van der Waals surface area contributed by atoms with Gasteiger partial charge in [-0.05, 0) is 0 Å². The number of hydrogen-bond acceptors (Lipinski definition) is 0. The van der Waals surface area contributed by atoms with E-state index < -0.39 is 0 Å². The van der Waals surface area contributed by atoms with Gasteiger partial charge >= 0.3 is 41.6 Å². The van der Waals surface area contributed by atoms with Gasteiger partial charge in [-0.25, -0.2) is 12.2 Å². The summed E-state index contributed by atoms with van der Waals surface area (Å²) in [6.45, 7) is 8.91. The van der Waals surface area contributed by atoms with E-state index in [4.69, 9.17) is 0 Å². The molecule has 4 heteroatoms. The molecule has 2 aromatic rings. The summed E-state index contributed by atoms with van der Waals surface area (Å²) in [5.74, 6) is 0. The van der Waals surface area contributed by atoms with Crippen molar-refractivity contribution in [1.82, 2.24) is 0 Å². The number of halogens is 2. The molecule has 0 radical (unpaired) electrons. The first kappa shape index (κ1) is 24.2. The molecule has 0 heterocycles. The van der Waals surface area contributed by atoms with Crippen molar-refractivity contribution in [1.29, 1.82) is 0 Å². The molecule has 1 aliphatic rings. The summed E-state index contributed by atoms with van der Waals surface area (Å²) in [7, 11) is 0. The van der Waals surface area contributed by atoms with Gasteiger partial charge in [0.05, 0.1) is 0 Å². The van der Waals surface area contributed by atoms with E-state index in [1.54, 1.807) is 0 Å². The van der Waals surface area contributed by atoms with Crippen LogP contribution in [0.3, 0.4) is 0 Å². The molecule has 0 fully saturated rings. The van der Waals surface area contributed by atoms with E-state index in [1.807, 2.05) is 6.08 Å². The minimum absolute atomic E-state index is 0. The molecule has 118 valence electrons. The van der Waals surface area contributed by atoms with Gasteiger partial charge in [-0.1, -0.05) is 19.9 Å². The second kappa shape index (κ2) is 13.4. The first-order valence-corrected chi connectivity index (χ1v) is 14.7. The van der Waals surface area contributed by atoms with E-state index in [-0.39, 0.29) is 30.3 Å². The van der Waals surface area contributed by atoms with Gasteiger partial charge in [0, 0.05) is 0 Å². The first-order valence-electron chi connectivity index (χ1n) is 6.86. The van der Waals surface area contributed by atoms with Crippen LogP contribution in [0.4, 0.5) is 0 Å². The van der Waals surface area contributed by atoms with Crippen LogP contribution in [0.5, 0.6) is 0 Å². The number of benzene rings is 1. The Labute approximate surface area is 162 Å². The van der Waals surface area contributed by atoms with E-state index in [1.165, 1.54) is 44.9 Å². The number of rotatable bonds is 0. The van der Waals surface area contributed by atoms with Crippen LogP contribution in [0.25, 0.3) is 10.8 Å². The molecular weight excluding hydrogens is 494 g/mol. The standard InChI is InChI=1S/C10H9.C6H7.C2H6Si.2ClH.Hf/c1-8-6-7-9-4-2-3-5-10(8)9;1-6-4-2-3-5-6;1-3-2;;;/h2-7H,1H3;2,4H,5H2,1H3;1-2H3;2*1H;/q2*-1;;;;+2/p-2. The molecule has 1 aliphatic carbocycles. The summed E-state index contributed by atoms with van der Waals surface area (Å²) >= 11 is 1.45. The molecule has 0 unspecified atom stereocenters. The van der Waals surface area contributed by atoms with Gasteiger partial charge in [0.15, 0.2) is 0 Å². The summed E-state index contributed by atoms with van der Waals surface area (Å²) < 4.78 is 0. The van der Waals surface area contributed by atoms with Gasteiger partial charge in [-0.15, -0.1) is 41.5 Å². The molecule has 0 saturated carbocycles. The van der Waals surface area contributed by atoms with Crippen LogP contribution in [-0.4, -0.2) is 5.49 Å². The third-order valence-corrected chi connectivity index (χ3v) is 2.77. The van der Waals surface area contributed by atoms with Crippen molar-refractivity contribution < 1.29 is 47.8 Å². The number of hydrogen-bond donors (Lipinski definition) is 0. The van der Waals surface area contributed by atoms with E-state index in [9.17, 15) is 0 Å². The predicted octanol–water partition coefficient (Wildman–Crippen LogP) is -0.645. The summed E-state index contributed by atoms with van der Waals surface area (Å²) in [6.07, 6.45) is 8.15. The van der Waals surface area contributed by atoms with Gasteiger partial charge in [-0.2, -0.15) is 17.2 Å². The molecule has 0 saturated heterocycles. The summed E-state index contributed by atoms with van der Waals surface area (Å²) in [5, 5.41) is 2.72. The van der Waals surface area contributed by atoms with Crippen molar-refractivity contribution in [3.05, 3.63) is 65.8 Å². The average molecular weight is 516 g/mol. The van der Waals surface area contributed by atoms with Gasteiger partial charge in [0.1, 0.15) is 0 Å². The smallest absolute Gasteiger partial charge is 0.0809 e. The topological polar surface area (TPSA) is 0 Å². The van der Waals surface area contributed by atoms with Crippen molar-refractivity contribution in [2.24, 2.45) is 0 Å². The van der Waals surface area contributed by atoms with Crippen molar-refractivity contribution >= 4 is 16.3 Å². The molecule has 3 rings (SSSR count). The Balaban J connectivity index is 0. The van der Waals surface area contributed by atoms with Gasteiger partial charge < -0.3 is 24.8 Å². The van der Waals surface area contributed by atoms with Crippen molar-refractivity contribution in [3.8, 4) is 0 Å². The zero-order chi connectivity index (χ0) is 15.0. The van der Waals surface area contributed by atoms with Crippen LogP contribution in [0.1, 0.15) is 18.9 Å². The monoisotopic (exact) mass is 516 g/mol. The van der Waals surface area contributed by atoms with E-state index >= 15 is 0 Å². The molecule has 2 aromatic carbocycles. The predicted molar refractivity (Wildman–Crippen MR) is 87.9 cm³/mol. The van der Waals surface area contributed by atoms with Crippen LogP contribution in [0, 0.1) is 13.0 Å². The second-order valence-electron chi connectivity index (χ2n) is 5.16. The zero-order valence-electron chi connectivity index (χ0n) is 13.6. The molecule has 0 amide bonds. The fourth-order valence-corrected chi connectivity index (χ4v) is 1.79. The van der Waals surface area contributed by atoms with Crippen LogP contribution in [0.15, 0.2) is 54.1 Å². The molecule has 0 aliphatic heterocycles. The molecule has 0 N–H and O–H groups in total. The molecular formula is C18H22Cl2HfSi-2. The maximum atomic E-state index is 3.05. The Kier molecular flexibility index (Phi) is 14.8. The minimum Gasteiger partial charge on any atom is -1.00 e. The van der Waals surface area contributed by atoms with Crippen molar-refractivity contribution in [2.45, 2.75) is 33.4 Å². The van der Waals surface area contributed by atoms with Crippen molar-refractivity contribution in [2.75, 3.05) is 0 Å². The SMILES string of the molecule is CC1=CC=[C-]C1.C[Si](C)=[Hf+2].Cc1c[cH-]c2ccccc12.[Cl-].[Cl-]. The van der Waals surface area contributed by atoms with Gasteiger partial charge in [-0.3, -0.25) is 6.08 Å². The number of fused-ring (bicyclic) bond motifs is 1. The normalized spacial score (nSPS) is 11.1. The van der Waals surface area contributed by atoms with Crippen molar-refractivity contribution in [3.63, 3.8) is 0 Å². The fraction of sp³-hybridized carbons (Fsp3) is 0.278. The van der Waals surface area contributed by atoms with Gasteiger partial charge in [0.25, 0.3) is 0 Å². The quantitative estimate of drug-likeness (QED) is 0.323. The third kappa shape index (κ3) is 9.89. The average Bonchev–Trinajstić information content (AvgIpc) is 3.00. The molecule has 0 atom stereocenters. The van der Waals surface area contributed by atoms with Gasteiger partial charge in [0.2, 0.25) is 0 Å². The molecule has 0 spiro atoms. The Morgan fingerprint density at radius 2 is 1.73 bits per heavy atom. The Bertz CT molecular complexity index is 623. The summed E-state index contributed by atoms with van der Waals surface area (Å²) in [4.78, 5) is 0. The maximum Gasteiger partial charge on any atom is -0.0809 e. The maximum absolute atomic E-state index is 3.05. The summed E-state index contributed by atoms with van der Waals surface area (Å²) in [5.41, 5.74) is 3.04.